The summed E-state index contributed by atoms with van der Waals surface area (Å²) in [7, 11) is 1.63. The summed E-state index contributed by atoms with van der Waals surface area (Å²) in [4.78, 5) is 23.1. The number of hydrogen-bond donors (Lipinski definition) is 3. The van der Waals surface area contributed by atoms with Crippen LogP contribution in [0.15, 0.2) is 0 Å². The maximum absolute atomic E-state index is 12.9. The number of quaternary nitrogens is 1. The predicted molar refractivity (Wildman–Crippen MR) is 231 cm³/mol. The Kier molecular flexibility index (Phi) is 37.7. The lowest BCUT2D eigenvalue weighted by atomic mass is 10.0. The van der Waals surface area contributed by atoms with E-state index >= 15 is 0 Å². The molecule has 0 radical (unpaired) electrons. The van der Waals surface area contributed by atoms with E-state index in [2.05, 4.69) is 19.2 Å². The number of hydrogen-bond acceptors (Lipinski definition) is 5. The van der Waals surface area contributed by atoms with E-state index < -0.39 is 20.0 Å². The molecular formula is C45H94N2O6P+. The Morgan fingerprint density at radius 1 is 0.556 bits per heavy atom. The van der Waals surface area contributed by atoms with Gasteiger partial charge in [0.15, 0.2) is 0 Å². The first-order valence-corrected chi connectivity index (χ1v) is 24.9. The molecule has 0 rings (SSSR count). The molecule has 8 nitrogen and oxygen atoms in total. The molecule has 0 aromatic rings. The van der Waals surface area contributed by atoms with Crippen LogP contribution in [0.4, 0.5) is 0 Å². The molecule has 0 saturated heterocycles. The molecule has 324 valence electrons. The van der Waals surface area contributed by atoms with Crippen molar-refractivity contribution in [1.29, 1.82) is 0 Å². The summed E-state index contributed by atoms with van der Waals surface area (Å²) in [5.41, 5.74) is 0. The van der Waals surface area contributed by atoms with Gasteiger partial charge in [0.05, 0.1) is 39.9 Å². The van der Waals surface area contributed by atoms with Crippen LogP contribution in [-0.2, 0) is 18.4 Å². The second-order valence-corrected chi connectivity index (χ2v) is 19.0. The van der Waals surface area contributed by atoms with Gasteiger partial charge in [-0.2, -0.15) is 0 Å². The van der Waals surface area contributed by atoms with Gasteiger partial charge < -0.3 is 19.8 Å². The molecule has 3 atom stereocenters. The molecule has 0 fully saturated rings. The largest absolute Gasteiger partial charge is 0.472 e. The summed E-state index contributed by atoms with van der Waals surface area (Å²) in [6.45, 7) is 4.89. The Morgan fingerprint density at radius 2 is 0.889 bits per heavy atom. The lowest BCUT2D eigenvalue weighted by Gasteiger charge is -2.26. The third-order valence-corrected chi connectivity index (χ3v) is 11.8. The molecule has 0 heterocycles. The van der Waals surface area contributed by atoms with Crippen molar-refractivity contribution in [2.75, 3.05) is 40.9 Å². The number of amides is 1. The zero-order valence-electron chi connectivity index (χ0n) is 36.7. The third kappa shape index (κ3) is 39.7. The fraction of sp³-hybridized carbons (Fsp3) is 0.978. The summed E-state index contributed by atoms with van der Waals surface area (Å²) < 4.78 is 23.6. The van der Waals surface area contributed by atoms with Gasteiger partial charge in [-0.1, -0.05) is 213 Å². The van der Waals surface area contributed by atoms with Crippen LogP contribution < -0.4 is 5.32 Å². The molecular weight excluding hydrogens is 695 g/mol. The standard InChI is InChI=1S/C45H93N2O6P/c1-6-8-10-12-14-16-18-19-20-21-22-23-24-25-26-27-28-29-31-33-35-37-39-45(49)46-43(42-53-54(50,51)52-41-40-47(3,4)5)44(48)38-36-34-32-30-17-15-13-11-9-7-2/h43-44,48H,6-42H2,1-5H3,(H-,46,49,50,51)/p+1/t43-,44+/m0/s1. The van der Waals surface area contributed by atoms with Crippen LogP contribution >= 0.6 is 7.82 Å². The lowest BCUT2D eigenvalue weighted by Crippen LogP contribution is -2.46. The first kappa shape index (κ1) is 53.5. The first-order chi connectivity index (χ1) is 26.0. The number of phosphoric ester groups is 1. The van der Waals surface area contributed by atoms with Crippen molar-refractivity contribution in [1.82, 2.24) is 5.32 Å². The third-order valence-electron chi connectivity index (χ3n) is 10.9. The van der Waals surface area contributed by atoms with E-state index in [-0.39, 0.29) is 19.1 Å². The van der Waals surface area contributed by atoms with Gasteiger partial charge in [0.1, 0.15) is 13.2 Å². The van der Waals surface area contributed by atoms with E-state index in [1.807, 2.05) is 21.1 Å². The van der Waals surface area contributed by atoms with E-state index in [0.717, 1.165) is 38.5 Å². The van der Waals surface area contributed by atoms with Crippen molar-refractivity contribution in [3.63, 3.8) is 0 Å². The van der Waals surface area contributed by atoms with Crippen molar-refractivity contribution < 1.29 is 32.9 Å². The van der Waals surface area contributed by atoms with Gasteiger partial charge in [0, 0.05) is 6.42 Å². The van der Waals surface area contributed by atoms with Crippen LogP contribution in [0.25, 0.3) is 0 Å². The van der Waals surface area contributed by atoms with Crippen molar-refractivity contribution in [2.45, 2.75) is 244 Å². The van der Waals surface area contributed by atoms with Gasteiger partial charge in [0.25, 0.3) is 0 Å². The number of unbranched alkanes of at least 4 members (excludes halogenated alkanes) is 30. The normalized spacial score (nSPS) is 14.3. The topological polar surface area (TPSA) is 105 Å². The Morgan fingerprint density at radius 3 is 1.24 bits per heavy atom. The Balaban J connectivity index is 4.14. The monoisotopic (exact) mass is 790 g/mol. The molecule has 0 aromatic heterocycles. The van der Waals surface area contributed by atoms with Gasteiger partial charge in [0.2, 0.25) is 5.91 Å². The fourth-order valence-corrected chi connectivity index (χ4v) is 7.84. The van der Waals surface area contributed by atoms with E-state index in [0.29, 0.717) is 23.9 Å². The van der Waals surface area contributed by atoms with E-state index in [1.165, 1.54) is 167 Å². The van der Waals surface area contributed by atoms with Crippen LogP contribution in [0.1, 0.15) is 232 Å². The Labute approximate surface area is 336 Å². The second-order valence-electron chi connectivity index (χ2n) is 17.5. The zero-order valence-corrected chi connectivity index (χ0v) is 37.6. The maximum Gasteiger partial charge on any atom is 0.472 e. The number of nitrogens with zero attached hydrogens (tertiary/aromatic N) is 1. The Bertz CT molecular complexity index is 855. The van der Waals surface area contributed by atoms with Crippen LogP contribution in [0.2, 0.25) is 0 Å². The van der Waals surface area contributed by atoms with Gasteiger partial charge >= 0.3 is 7.82 Å². The highest BCUT2D eigenvalue weighted by Gasteiger charge is 2.28. The molecule has 0 bridgehead atoms. The van der Waals surface area contributed by atoms with Crippen molar-refractivity contribution >= 4 is 13.7 Å². The van der Waals surface area contributed by atoms with E-state index in [1.54, 1.807) is 0 Å². The van der Waals surface area contributed by atoms with Gasteiger partial charge in [-0.3, -0.25) is 13.8 Å². The maximum atomic E-state index is 12.9. The molecule has 0 aromatic carbocycles. The molecule has 0 aliphatic heterocycles. The van der Waals surface area contributed by atoms with E-state index in [4.69, 9.17) is 9.05 Å². The summed E-state index contributed by atoms with van der Waals surface area (Å²) in [5.74, 6) is -0.141. The summed E-state index contributed by atoms with van der Waals surface area (Å²) in [5, 5.41) is 13.9. The highest BCUT2D eigenvalue weighted by Crippen LogP contribution is 2.43. The summed E-state index contributed by atoms with van der Waals surface area (Å²) in [6.07, 6.45) is 41.4. The quantitative estimate of drug-likeness (QED) is 0.0323. The van der Waals surface area contributed by atoms with Gasteiger partial charge in [-0.25, -0.2) is 4.57 Å². The molecule has 9 heteroatoms. The number of carbonyl (C=O) groups excluding carboxylic acids is 1. The first-order valence-electron chi connectivity index (χ1n) is 23.4. The van der Waals surface area contributed by atoms with E-state index in [9.17, 15) is 19.4 Å². The SMILES string of the molecule is CCCCCCCCCCCCCCCCCCCCCCCCC(=O)N[C@@H](COP(=O)(O)OCC[N+](C)(C)C)[C@H](O)CCCCCCCCCCCC. The average molecular weight is 790 g/mol. The predicted octanol–water partition coefficient (Wildman–Crippen LogP) is 13.0. The van der Waals surface area contributed by atoms with Crippen LogP contribution in [0, 0.1) is 0 Å². The number of rotatable bonds is 43. The molecule has 0 saturated carbocycles. The molecule has 1 amide bonds. The van der Waals surface area contributed by atoms with Crippen LogP contribution in [0.5, 0.6) is 0 Å². The lowest BCUT2D eigenvalue weighted by molar-refractivity contribution is -0.870. The number of phosphoric acid groups is 1. The average Bonchev–Trinajstić information content (AvgIpc) is 3.12. The molecule has 3 N–H and O–H groups in total. The van der Waals surface area contributed by atoms with Crippen molar-refractivity contribution in [3.05, 3.63) is 0 Å². The highest BCUT2D eigenvalue weighted by molar-refractivity contribution is 7.47. The van der Waals surface area contributed by atoms with Crippen molar-refractivity contribution in [2.24, 2.45) is 0 Å². The van der Waals surface area contributed by atoms with Crippen LogP contribution in [0.3, 0.4) is 0 Å². The fourth-order valence-electron chi connectivity index (χ4n) is 7.11. The minimum Gasteiger partial charge on any atom is -0.391 e. The molecule has 1 unspecified atom stereocenters. The molecule has 0 aliphatic carbocycles. The van der Waals surface area contributed by atoms with Crippen LogP contribution in [-0.4, -0.2) is 73.4 Å². The molecule has 0 aliphatic rings. The highest BCUT2D eigenvalue weighted by atomic mass is 31.2. The van der Waals surface area contributed by atoms with Gasteiger partial charge in [-0.15, -0.1) is 0 Å². The smallest absolute Gasteiger partial charge is 0.391 e. The number of nitrogens with one attached hydrogen (secondary N) is 1. The number of aliphatic hydroxyl groups excluding tert-OH is 1. The summed E-state index contributed by atoms with van der Waals surface area (Å²) in [6, 6.07) is -0.752. The molecule has 0 spiro atoms. The number of carbonyl (C=O) groups is 1. The minimum atomic E-state index is -4.30. The Hall–Kier alpha value is -0.500. The zero-order chi connectivity index (χ0) is 40.0. The van der Waals surface area contributed by atoms with Gasteiger partial charge in [-0.05, 0) is 12.8 Å². The molecule has 54 heavy (non-hydrogen) atoms. The van der Waals surface area contributed by atoms with Crippen molar-refractivity contribution in [3.8, 4) is 0 Å². The number of aliphatic hydroxyl groups is 1. The second kappa shape index (κ2) is 38.0. The minimum absolute atomic E-state index is 0.0783. The number of likely N-dealkylation sites (N-methyl/N-ethyl adjacent to an activating group) is 1. The summed E-state index contributed by atoms with van der Waals surface area (Å²) >= 11 is 0.